The number of rotatable bonds is 3. The zero-order valence-corrected chi connectivity index (χ0v) is 18.6. The topological polar surface area (TPSA) is 74.8 Å². The van der Waals surface area contributed by atoms with Gasteiger partial charge in [-0.05, 0) is 35.9 Å². The van der Waals surface area contributed by atoms with Gasteiger partial charge in [0.2, 0.25) is 5.91 Å². The quantitative estimate of drug-likeness (QED) is 0.554. The summed E-state index contributed by atoms with van der Waals surface area (Å²) >= 11 is 3.35. The molecule has 0 aromatic heterocycles. The molecule has 0 bridgehead atoms. The van der Waals surface area contributed by atoms with Gasteiger partial charge in [-0.1, -0.05) is 64.5 Å². The Bertz CT molecular complexity index is 1310. The molecule has 31 heavy (non-hydrogen) atoms. The van der Waals surface area contributed by atoms with Crippen molar-refractivity contribution in [2.24, 2.45) is 0 Å². The van der Waals surface area contributed by atoms with Crippen molar-refractivity contribution >= 4 is 49.0 Å². The number of carbonyl (C=O) groups excluding carboxylic acids is 2. The molecule has 8 heteroatoms. The van der Waals surface area contributed by atoms with Gasteiger partial charge in [0, 0.05) is 15.7 Å². The number of hydrogen-bond acceptors (Lipinski definition) is 4. The minimum atomic E-state index is -4.16. The summed E-state index contributed by atoms with van der Waals surface area (Å²) in [4.78, 5) is 27.5. The molecule has 5 rings (SSSR count). The van der Waals surface area contributed by atoms with Gasteiger partial charge in [0.1, 0.15) is 5.75 Å². The van der Waals surface area contributed by atoms with Gasteiger partial charge in [-0.3, -0.25) is 14.5 Å². The molecule has 2 aliphatic heterocycles. The molecule has 0 aliphatic carbocycles. The van der Waals surface area contributed by atoms with E-state index in [4.69, 9.17) is 0 Å². The number of halogens is 1. The molecule has 0 unspecified atom stereocenters. The van der Waals surface area contributed by atoms with Gasteiger partial charge in [0.25, 0.3) is 10.8 Å². The zero-order valence-electron chi connectivity index (χ0n) is 16.2. The standard InChI is InChI=1S/C23H17BrN2O4S/c24-17-10-12-18(13-11-17)26-21(27)15-31(29,30)23(26)19-8-4-5-9-20(19)25(22(23)28)14-16-6-2-1-3-7-16/h1-13H,14-15H2/t23-/m0/s1. The summed E-state index contributed by atoms with van der Waals surface area (Å²) in [6, 6.07) is 22.9. The first-order chi connectivity index (χ1) is 14.9. The van der Waals surface area contributed by atoms with Crippen LogP contribution in [0.25, 0.3) is 0 Å². The Morgan fingerprint density at radius 2 is 1.52 bits per heavy atom. The van der Waals surface area contributed by atoms with Gasteiger partial charge in [-0.2, -0.15) is 0 Å². The van der Waals surface area contributed by atoms with E-state index in [9.17, 15) is 18.0 Å². The fraction of sp³-hybridized carbons (Fsp3) is 0.130. The Labute approximate surface area is 188 Å². The van der Waals surface area contributed by atoms with E-state index in [0.717, 1.165) is 14.9 Å². The molecular formula is C23H17BrN2O4S. The number of nitrogens with zero attached hydrogens (tertiary/aromatic N) is 2. The molecule has 1 atom stereocenters. The van der Waals surface area contributed by atoms with Crippen molar-refractivity contribution in [3.63, 3.8) is 0 Å². The molecule has 2 aliphatic rings. The highest BCUT2D eigenvalue weighted by Crippen LogP contribution is 2.52. The lowest BCUT2D eigenvalue weighted by atomic mass is 10.0. The van der Waals surface area contributed by atoms with Gasteiger partial charge >= 0.3 is 0 Å². The molecule has 156 valence electrons. The fourth-order valence-corrected chi connectivity index (χ4v) is 6.70. The summed E-state index contributed by atoms with van der Waals surface area (Å²) in [6.07, 6.45) is 0. The van der Waals surface area contributed by atoms with Crippen LogP contribution in [0.2, 0.25) is 0 Å². The van der Waals surface area contributed by atoms with Crippen molar-refractivity contribution in [3.05, 3.63) is 94.5 Å². The van der Waals surface area contributed by atoms with E-state index in [2.05, 4.69) is 15.9 Å². The highest BCUT2D eigenvalue weighted by Gasteiger charge is 2.69. The number of hydrogen-bond donors (Lipinski definition) is 0. The van der Waals surface area contributed by atoms with Crippen molar-refractivity contribution in [2.45, 2.75) is 11.4 Å². The molecule has 3 aromatic rings. The number of para-hydroxylation sites is 1. The zero-order chi connectivity index (χ0) is 21.8. The third-order valence-electron chi connectivity index (χ3n) is 5.69. The first-order valence-corrected chi connectivity index (χ1v) is 12.1. The van der Waals surface area contributed by atoms with Gasteiger partial charge < -0.3 is 4.90 Å². The van der Waals surface area contributed by atoms with Crippen molar-refractivity contribution in [3.8, 4) is 0 Å². The van der Waals surface area contributed by atoms with E-state index in [1.807, 2.05) is 30.3 Å². The normalized spacial score (nSPS) is 21.7. The van der Waals surface area contributed by atoms with E-state index in [1.54, 1.807) is 48.5 Å². The van der Waals surface area contributed by atoms with Crippen LogP contribution in [-0.2, 0) is 30.8 Å². The molecule has 2 amide bonds. The Hall–Kier alpha value is -2.97. The molecule has 0 N–H and O–H groups in total. The summed E-state index contributed by atoms with van der Waals surface area (Å²) in [5.41, 5.74) is 2.03. The minimum absolute atomic E-state index is 0.205. The summed E-state index contributed by atoms with van der Waals surface area (Å²) in [5, 5.41) is 0. The summed E-state index contributed by atoms with van der Waals surface area (Å²) < 4.78 is 27.8. The Morgan fingerprint density at radius 3 is 2.23 bits per heavy atom. The number of benzene rings is 3. The molecule has 1 fully saturated rings. The fourth-order valence-electron chi connectivity index (χ4n) is 4.40. The van der Waals surface area contributed by atoms with Gasteiger partial charge in [0.15, 0.2) is 9.84 Å². The van der Waals surface area contributed by atoms with Crippen molar-refractivity contribution in [1.82, 2.24) is 0 Å². The Kier molecular flexibility index (Phi) is 4.53. The number of sulfone groups is 1. The Balaban J connectivity index is 1.75. The molecule has 0 saturated carbocycles. The molecule has 1 saturated heterocycles. The van der Waals surface area contributed by atoms with E-state index in [0.29, 0.717) is 16.9 Å². The van der Waals surface area contributed by atoms with Gasteiger partial charge in [-0.25, -0.2) is 8.42 Å². The largest absolute Gasteiger partial charge is 0.304 e. The third-order valence-corrected chi connectivity index (χ3v) is 8.32. The molecule has 6 nitrogen and oxygen atoms in total. The first-order valence-electron chi connectivity index (χ1n) is 9.62. The second-order valence-corrected chi connectivity index (χ2v) is 10.5. The number of anilines is 2. The molecule has 0 radical (unpaired) electrons. The van der Waals surface area contributed by atoms with Crippen LogP contribution in [0, 0.1) is 0 Å². The highest BCUT2D eigenvalue weighted by atomic mass is 79.9. The summed E-state index contributed by atoms with van der Waals surface area (Å²) in [7, 11) is -4.16. The highest BCUT2D eigenvalue weighted by molar-refractivity contribution is 9.10. The van der Waals surface area contributed by atoms with Crippen LogP contribution in [-0.4, -0.2) is 26.0 Å². The van der Waals surface area contributed by atoms with Crippen LogP contribution in [0.3, 0.4) is 0 Å². The lowest BCUT2D eigenvalue weighted by Crippen LogP contribution is -2.54. The van der Waals surface area contributed by atoms with E-state index in [-0.39, 0.29) is 6.54 Å². The lowest BCUT2D eigenvalue weighted by Gasteiger charge is -2.32. The van der Waals surface area contributed by atoms with Gasteiger partial charge in [-0.15, -0.1) is 0 Å². The van der Waals surface area contributed by atoms with Crippen LogP contribution in [0.1, 0.15) is 11.1 Å². The van der Waals surface area contributed by atoms with Crippen molar-refractivity contribution < 1.29 is 18.0 Å². The van der Waals surface area contributed by atoms with Crippen LogP contribution in [0.15, 0.2) is 83.3 Å². The second-order valence-electron chi connectivity index (χ2n) is 7.50. The van der Waals surface area contributed by atoms with E-state index in [1.165, 1.54) is 4.90 Å². The van der Waals surface area contributed by atoms with Crippen molar-refractivity contribution in [1.29, 1.82) is 0 Å². The Morgan fingerprint density at radius 1 is 0.871 bits per heavy atom. The summed E-state index contributed by atoms with van der Waals surface area (Å²) in [5.74, 6) is -1.97. The lowest BCUT2D eigenvalue weighted by molar-refractivity contribution is -0.123. The average Bonchev–Trinajstić information content (AvgIpc) is 3.13. The molecule has 2 heterocycles. The van der Waals surface area contributed by atoms with E-state index < -0.39 is 32.3 Å². The van der Waals surface area contributed by atoms with Crippen molar-refractivity contribution in [2.75, 3.05) is 15.6 Å². The number of amides is 2. The van der Waals surface area contributed by atoms with E-state index >= 15 is 0 Å². The SMILES string of the molecule is O=C1CS(=O)(=O)[C@@]2(C(=O)N(Cc3ccccc3)c3ccccc32)N1c1ccc(Br)cc1. The maximum Gasteiger partial charge on any atom is 0.274 e. The second kappa shape index (κ2) is 7.03. The van der Waals surface area contributed by atoms with Gasteiger partial charge in [0.05, 0.1) is 12.2 Å². The molecule has 3 aromatic carbocycles. The maximum absolute atomic E-state index is 13.9. The first kappa shape index (κ1) is 20.0. The number of carbonyl (C=O) groups is 2. The smallest absolute Gasteiger partial charge is 0.274 e. The number of fused-ring (bicyclic) bond motifs is 2. The minimum Gasteiger partial charge on any atom is -0.304 e. The predicted molar refractivity (Wildman–Crippen MR) is 121 cm³/mol. The maximum atomic E-state index is 13.9. The summed E-state index contributed by atoms with van der Waals surface area (Å²) in [6.45, 7) is 0.205. The molecule has 1 spiro atoms. The molecular weight excluding hydrogens is 480 g/mol. The third kappa shape index (κ3) is 2.78. The van der Waals surface area contributed by atoms with Crippen LogP contribution in [0.5, 0.6) is 0 Å². The monoisotopic (exact) mass is 496 g/mol. The average molecular weight is 497 g/mol. The van der Waals surface area contributed by atoms with Crippen LogP contribution < -0.4 is 9.80 Å². The predicted octanol–water partition coefficient (Wildman–Crippen LogP) is 3.61. The van der Waals surface area contributed by atoms with Crippen LogP contribution in [0.4, 0.5) is 11.4 Å². The van der Waals surface area contributed by atoms with Crippen LogP contribution >= 0.6 is 15.9 Å².